The van der Waals surface area contributed by atoms with Crippen LogP contribution in [0.4, 0.5) is 4.79 Å². The first-order chi connectivity index (χ1) is 14.7. The van der Waals surface area contributed by atoms with Gasteiger partial charge >= 0.3 is 6.09 Å². The highest BCUT2D eigenvalue weighted by atomic mass is 16.6. The molecule has 0 radical (unpaired) electrons. The number of amides is 1. The molecular weight excluding hydrogens is 376 g/mol. The maximum atomic E-state index is 12.7. The van der Waals surface area contributed by atoms with Gasteiger partial charge in [-0.3, -0.25) is 4.98 Å². The first-order valence-corrected chi connectivity index (χ1v) is 10.4. The molecule has 0 saturated carbocycles. The van der Waals surface area contributed by atoms with Crippen molar-refractivity contribution in [1.82, 2.24) is 9.88 Å². The molecule has 1 aliphatic carbocycles. The number of benzene rings is 2. The maximum Gasteiger partial charge on any atom is 0.409 e. The summed E-state index contributed by atoms with van der Waals surface area (Å²) in [6.45, 7) is 1.21. The number of likely N-dealkylation sites (tertiary alicyclic amines) is 1. The number of hydrogen-bond acceptors (Lipinski definition) is 4. The molecule has 0 spiro atoms. The van der Waals surface area contributed by atoms with E-state index < -0.39 is 5.60 Å². The summed E-state index contributed by atoms with van der Waals surface area (Å²) in [6, 6.07) is 22.2. The number of carbonyl (C=O) groups excluding carboxylic acids is 1. The number of nitrogens with zero attached hydrogens (tertiary/aromatic N) is 2. The summed E-state index contributed by atoms with van der Waals surface area (Å²) in [5, 5.41) is 10.9. The Labute approximate surface area is 176 Å². The topological polar surface area (TPSA) is 62.7 Å². The van der Waals surface area contributed by atoms with Crippen molar-refractivity contribution >= 4 is 6.09 Å². The van der Waals surface area contributed by atoms with Gasteiger partial charge in [0.15, 0.2) is 0 Å². The molecule has 2 aromatic carbocycles. The normalized spacial score (nSPS) is 17.3. The number of ether oxygens (including phenoxy) is 1. The van der Waals surface area contributed by atoms with E-state index in [1.807, 2.05) is 42.5 Å². The van der Waals surface area contributed by atoms with E-state index in [4.69, 9.17) is 4.74 Å². The van der Waals surface area contributed by atoms with Crippen LogP contribution in [0.15, 0.2) is 72.9 Å². The van der Waals surface area contributed by atoms with E-state index in [1.165, 1.54) is 22.3 Å². The van der Waals surface area contributed by atoms with Crippen LogP contribution in [0, 0.1) is 0 Å². The molecule has 1 aromatic heterocycles. The summed E-state index contributed by atoms with van der Waals surface area (Å²) < 4.78 is 5.74. The standard InChI is InChI=1S/C25H24N2O3/c28-24(27-15-12-25(29,13-16-27)23-11-5-6-14-26-23)30-17-22-20-9-3-1-7-18(20)19-8-2-4-10-21(19)22/h1-11,14,22,29H,12-13,15-17H2. The predicted octanol–water partition coefficient (Wildman–Crippen LogP) is 4.31. The van der Waals surface area contributed by atoms with Gasteiger partial charge in [-0.1, -0.05) is 54.6 Å². The van der Waals surface area contributed by atoms with Crippen LogP contribution in [0.25, 0.3) is 11.1 Å². The van der Waals surface area contributed by atoms with E-state index in [-0.39, 0.29) is 12.0 Å². The molecule has 0 unspecified atom stereocenters. The molecule has 1 aliphatic heterocycles. The lowest BCUT2D eigenvalue weighted by Crippen LogP contribution is -2.45. The largest absolute Gasteiger partial charge is 0.448 e. The van der Waals surface area contributed by atoms with Crippen molar-refractivity contribution in [2.45, 2.75) is 24.4 Å². The molecule has 1 saturated heterocycles. The van der Waals surface area contributed by atoms with Crippen molar-refractivity contribution in [2.24, 2.45) is 0 Å². The molecule has 5 rings (SSSR count). The Bertz CT molecular complexity index is 1010. The van der Waals surface area contributed by atoms with Gasteiger partial charge in [0, 0.05) is 25.2 Å². The van der Waals surface area contributed by atoms with Crippen molar-refractivity contribution in [1.29, 1.82) is 0 Å². The number of fused-ring (bicyclic) bond motifs is 3. The van der Waals surface area contributed by atoms with Gasteiger partial charge in [0.25, 0.3) is 0 Å². The number of hydrogen-bond donors (Lipinski definition) is 1. The van der Waals surface area contributed by atoms with E-state index >= 15 is 0 Å². The minimum absolute atomic E-state index is 0.0524. The van der Waals surface area contributed by atoms with Crippen molar-refractivity contribution in [2.75, 3.05) is 19.7 Å². The van der Waals surface area contributed by atoms with Crippen LogP contribution >= 0.6 is 0 Å². The van der Waals surface area contributed by atoms with Gasteiger partial charge in [0.2, 0.25) is 0 Å². The van der Waals surface area contributed by atoms with Gasteiger partial charge in [0.1, 0.15) is 12.2 Å². The van der Waals surface area contributed by atoms with Crippen LogP contribution in [0.1, 0.15) is 35.6 Å². The molecule has 30 heavy (non-hydrogen) atoms. The van der Waals surface area contributed by atoms with Crippen LogP contribution in [0.2, 0.25) is 0 Å². The fourth-order valence-corrected chi connectivity index (χ4v) is 4.64. The second-order valence-electron chi connectivity index (χ2n) is 8.04. The molecule has 152 valence electrons. The number of aromatic nitrogens is 1. The molecule has 5 nitrogen and oxygen atoms in total. The molecule has 3 aromatic rings. The summed E-state index contributed by atoms with van der Waals surface area (Å²) in [6.07, 6.45) is 2.27. The number of aliphatic hydroxyl groups is 1. The summed E-state index contributed by atoms with van der Waals surface area (Å²) in [5.74, 6) is 0.0524. The zero-order valence-electron chi connectivity index (χ0n) is 16.7. The molecule has 2 aliphatic rings. The summed E-state index contributed by atoms with van der Waals surface area (Å²) in [4.78, 5) is 18.7. The van der Waals surface area contributed by atoms with E-state index in [2.05, 4.69) is 29.2 Å². The third-order valence-electron chi connectivity index (χ3n) is 6.33. The van der Waals surface area contributed by atoms with Gasteiger partial charge in [-0.2, -0.15) is 0 Å². The summed E-state index contributed by atoms with van der Waals surface area (Å²) in [5.41, 5.74) is 4.52. The molecule has 1 amide bonds. The van der Waals surface area contributed by atoms with Crippen molar-refractivity contribution in [3.63, 3.8) is 0 Å². The zero-order chi connectivity index (χ0) is 20.6. The second kappa shape index (κ2) is 7.58. The predicted molar refractivity (Wildman–Crippen MR) is 114 cm³/mol. The third kappa shape index (κ3) is 3.25. The Morgan fingerprint density at radius 2 is 1.57 bits per heavy atom. The lowest BCUT2D eigenvalue weighted by molar-refractivity contribution is -0.0281. The van der Waals surface area contributed by atoms with Crippen LogP contribution < -0.4 is 0 Å². The van der Waals surface area contributed by atoms with Gasteiger partial charge in [-0.25, -0.2) is 4.79 Å². The highest BCUT2D eigenvalue weighted by Gasteiger charge is 2.37. The summed E-state index contributed by atoms with van der Waals surface area (Å²) in [7, 11) is 0. The highest BCUT2D eigenvalue weighted by Crippen LogP contribution is 2.44. The highest BCUT2D eigenvalue weighted by molar-refractivity contribution is 5.79. The zero-order valence-corrected chi connectivity index (χ0v) is 16.7. The smallest absolute Gasteiger partial charge is 0.409 e. The summed E-state index contributed by atoms with van der Waals surface area (Å²) >= 11 is 0. The molecular formula is C25H24N2O3. The first kappa shape index (κ1) is 18.8. The average molecular weight is 400 g/mol. The lowest BCUT2D eigenvalue weighted by atomic mass is 9.88. The van der Waals surface area contributed by atoms with Gasteiger partial charge in [0.05, 0.1) is 5.69 Å². The van der Waals surface area contributed by atoms with Crippen molar-refractivity contribution in [3.8, 4) is 11.1 Å². The average Bonchev–Trinajstić information content (AvgIpc) is 3.12. The third-order valence-corrected chi connectivity index (χ3v) is 6.33. The van der Waals surface area contributed by atoms with Crippen molar-refractivity contribution in [3.05, 3.63) is 89.7 Å². The van der Waals surface area contributed by atoms with E-state index in [9.17, 15) is 9.90 Å². The Hall–Kier alpha value is -3.18. The van der Waals surface area contributed by atoms with Gasteiger partial charge in [-0.05, 0) is 47.2 Å². The number of rotatable bonds is 3. The van der Waals surface area contributed by atoms with Crippen LogP contribution in [0.3, 0.4) is 0 Å². The molecule has 0 atom stereocenters. The number of pyridine rings is 1. The maximum absolute atomic E-state index is 12.7. The Balaban J connectivity index is 1.25. The quantitative estimate of drug-likeness (QED) is 0.711. The van der Waals surface area contributed by atoms with Gasteiger partial charge in [-0.15, -0.1) is 0 Å². The van der Waals surface area contributed by atoms with Crippen molar-refractivity contribution < 1.29 is 14.6 Å². The molecule has 1 N–H and O–H groups in total. The SMILES string of the molecule is O=C(OCC1c2ccccc2-c2ccccc21)N1CCC(O)(c2ccccn2)CC1. The fraction of sp³-hybridized carbons (Fsp3) is 0.280. The molecule has 0 bridgehead atoms. The Kier molecular flexibility index (Phi) is 4.75. The van der Waals surface area contributed by atoms with E-state index in [0.29, 0.717) is 38.2 Å². The number of carbonyl (C=O) groups is 1. The Morgan fingerprint density at radius 3 is 2.17 bits per heavy atom. The first-order valence-electron chi connectivity index (χ1n) is 10.4. The van der Waals surface area contributed by atoms with E-state index in [1.54, 1.807) is 11.1 Å². The van der Waals surface area contributed by atoms with Gasteiger partial charge < -0.3 is 14.7 Å². The molecule has 5 heteroatoms. The minimum Gasteiger partial charge on any atom is -0.448 e. The fourth-order valence-electron chi connectivity index (χ4n) is 4.64. The molecule has 2 heterocycles. The van der Waals surface area contributed by atoms with Crippen LogP contribution in [-0.4, -0.2) is 40.8 Å². The minimum atomic E-state index is -0.985. The monoisotopic (exact) mass is 400 g/mol. The van der Waals surface area contributed by atoms with E-state index in [0.717, 1.165) is 0 Å². The Morgan fingerprint density at radius 1 is 0.967 bits per heavy atom. The van der Waals surface area contributed by atoms with Crippen LogP contribution in [0.5, 0.6) is 0 Å². The lowest BCUT2D eigenvalue weighted by Gasteiger charge is -2.37. The molecule has 1 fully saturated rings. The van der Waals surface area contributed by atoms with Crippen LogP contribution in [-0.2, 0) is 10.3 Å². The second-order valence-corrected chi connectivity index (χ2v) is 8.04. The number of piperidine rings is 1.